The molecule has 4 rings (SSSR count). The molecule has 0 saturated heterocycles. The second kappa shape index (κ2) is 7.03. The Balaban J connectivity index is 2.08. The standard InChI is InChI=1S/C21H18O9/c1-5-27-15-9(3)16-18(14-13(15)20(24)30-21(14)25)28-17-10(7-22)11(26-4)6-8(2)12(17)19(23)29-16/h6-7,21,25H,5H2,1-4H3/t21-/m1/s1. The molecule has 2 aromatic carbocycles. The first-order valence-electron chi connectivity index (χ1n) is 9.13. The second-order valence-electron chi connectivity index (χ2n) is 6.71. The molecule has 0 amide bonds. The number of fused-ring (bicyclic) bond motifs is 4. The number of carbonyl (C=O) groups is 3. The molecule has 0 saturated carbocycles. The van der Waals surface area contributed by atoms with Crippen LogP contribution in [0, 0.1) is 13.8 Å². The van der Waals surface area contributed by atoms with Gasteiger partial charge in [-0.15, -0.1) is 0 Å². The summed E-state index contributed by atoms with van der Waals surface area (Å²) in [5, 5.41) is 10.4. The van der Waals surface area contributed by atoms with E-state index in [0.29, 0.717) is 17.4 Å². The smallest absolute Gasteiger partial charge is 0.347 e. The van der Waals surface area contributed by atoms with Gasteiger partial charge in [0.1, 0.15) is 22.6 Å². The Labute approximate surface area is 171 Å². The lowest BCUT2D eigenvalue weighted by atomic mass is 10.0. The highest BCUT2D eigenvalue weighted by molar-refractivity contribution is 6.03. The second-order valence-corrected chi connectivity index (χ2v) is 6.71. The quantitative estimate of drug-likeness (QED) is 0.457. The Bertz CT molecular complexity index is 1120. The average molecular weight is 414 g/mol. The van der Waals surface area contributed by atoms with Gasteiger partial charge in [-0.3, -0.25) is 4.79 Å². The van der Waals surface area contributed by atoms with Gasteiger partial charge in [-0.2, -0.15) is 0 Å². The Kier molecular flexibility index (Phi) is 4.62. The number of aliphatic hydroxyl groups is 1. The van der Waals surface area contributed by atoms with Crippen molar-refractivity contribution in [2.45, 2.75) is 27.1 Å². The van der Waals surface area contributed by atoms with E-state index in [1.807, 2.05) is 0 Å². The van der Waals surface area contributed by atoms with Crippen LogP contribution in [0.4, 0.5) is 0 Å². The number of aryl methyl sites for hydroxylation is 1. The molecule has 30 heavy (non-hydrogen) atoms. The first kappa shape index (κ1) is 19.7. The first-order valence-corrected chi connectivity index (χ1v) is 9.13. The highest BCUT2D eigenvalue weighted by Crippen LogP contribution is 2.54. The summed E-state index contributed by atoms with van der Waals surface area (Å²) in [6, 6.07) is 1.52. The molecule has 1 atom stereocenters. The number of methoxy groups -OCH3 is 1. The van der Waals surface area contributed by atoms with Crippen molar-refractivity contribution in [3.8, 4) is 28.7 Å². The van der Waals surface area contributed by atoms with E-state index in [2.05, 4.69) is 0 Å². The Morgan fingerprint density at radius 3 is 2.47 bits per heavy atom. The van der Waals surface area contributed by atoms with Crippen LogP contribution in [0.25, 0.3) is 0 Å². The number of aliphatic hydroxyl groups excluding tert-OH is 1. The maximum absolute atomic E-state index is 13.0. The summed E-state index contributed by atoms with van der Waals surface area (Å²) in [5.74, 6) is -1.48. The zero-order valence-electron chi connectivity index (χ0n) is 16.7. The number of hydrogen-bond acceptors (Lipinski definition) is 9. The van der Waals surface area contributed by atoms with Crippen LogP contribution >= 0.6 is 0 Å². The van der Waals surface area contributed by atoms with Gasteiger partial charge in [-0.05, 0) is 32.4 Å². The van der Waals surface area contributed by atoms with Gasteiger partial charge < -0.3 is 28.8 Å². The zero-order chi connectivity index (χ0) is 21.7. The van der Waals surface area contributed by atoms with Gasteiger partial charge in [0.15, 0.2) is 23.5 Å². The van der Waals surface area contributed by atoms with E-state index in [9.17, 15) is 19.5 Å². The fourth-order valence-corrected chi connectivity index (χ4v) is 3.68. The van der Waals surface area contributed by atoms with Gasteiger partial charge in [0.25, 0.3) is 0 Å². The van der Waals surface area contributed by atoms with E-state index in [1.165, 1.54) is 13.2 Å². The Morgan fingerprint density at radius 2 is 1.83 bits per heavy atom. The summed E-state index contributed by atoms with van der Waals surface area (Å²) in [7, 11) is 1.38. The molecule has 0 aromatic heterocycles. The largest absolute Gasteiger partial charge is 0.496 e. The molecule has 2 aliphatic heterocycles. The lowest BCUT2D eigenvalue weighted by molar-refractivity contribution is -0.0555. The molecule has 9 heteroatoms. The molecule has 9 nitrogen and oxygen atoms in total. The van der Waals surface area contributed by atoms with E-state index >= 15 is 0 Å². The van der Waals surface area contributed by atoms with Crippen molar-refractivity contribution in [2.75, 3.05) is 13.7 Å². The normalized spacial score (nSPS) is 16.4. The van der Waals surface area contributed by atoms with E-state index < -0.39 is 18.2 Å². The molecule has 0 unspecified atom stereocenters. The van der Waals surface area contributed by atoms with Crippen LogP contribution in [0.15, 0.2) is 6.07 Å². The minimum absolute atomic E-state index is 0.0112. The minimum atomic E-state index is -1.66. The molecule has 156 valence electrons. The fraction of sp³-hybridized carbons (Fsp3) is 0.286. The van der Waals surface area contributed by atoms with Crippen molar-refractivity contribution in [3.63, 3.8) is 0 Å². The summed E-state index contributed by atoms with van der Waals surface area (Å²) in [6.45, 7) is 5.17. The fourth-order valence-electron chi connectivity index (χ4n) is 3.68. The highest BCUT2D eigenvalue weighted by atomic mass is 16.6. The summed E-state index contributed by atoms with van der Waals surface area (Å²) in [6.07, 6.45) is -1.16. The maximum atomic E-state index is 13.0. The van der Waals surface area contributed by atoms with Crippen molar-refractivity contribution in [3.05, 3.63) is 39.4 Å². The monoisotopic (exact) mass is 414 g/mol. The van der Waals surface area contributed by atoms with Crippen molar-refractivity contribution >= 4 is 18.2 Å². The lowest BCUT2D eigenvalue weighted by Gasteiger charge is -2.18. The van der Waals surface area contributed by atoms with E-state index in [0.717, 1.165) is 0 Å². The zero-order valence-corrected chi connectivity index (χ0v) is 16.7. The summed E-state index contributed by atoms with van der Waals surface area (Å²) < 4.78 is 27.3. The Hall–Kier alpha value is -3.59. The molecule has 2 heterocycles. The number of benzene rings is 2. The molecule has 2 aliphatic rings. The Morgan fingerprint density at radius 1 is 1.10 bits per heavy atom. The number of carbonyl (C=O) groups excluding carboxylic acids is 3. The van der Waals surface area contributed by atoms with Crippen LogP contribution < -0.4 is 18.9 Å². The predicted molar refractivity (Wildman–Crippen MR) is 101 cm³/mol. The van der Waals surface area contributed by atoms with Gasteiger partial charge in [0.05, 0.1) is 24.8 Å². The van der Waals surface area contributed by atoms with Crippen LogP contribution in [-0.2, 0) is 4.74 Å². The number of hydrogen-bond donors (Lipinski definition) is 1. The third-order valence-corrected chi connectivity index (χ3v) is 5.01. The predicted octanol–water partition coefficient (Wildman–Crippen LogP) is 3.01. The van der Waals surface area contributed by atoms with Crippen molar-refractivity contribution in [1.29, 1.82) is 0 Å². The van der Waals surface area contributed by atoms with E-state index in [1.54, 1.807) is 20.8 Å². The van der Waals surface area contributed by atoms with Crippen molar-refractivity contribution in [2.24, 2.45) is 0 Å². The average Bonchev–Trinajstić information content (AvgIpc) is 2.90. The van der Waals surface area contributed by atoms with Crippen LogP contribution in [-0.4, -0.2) is 37.0 Å². The first-order chi connectivity index (χ1) is 14.3. The van der Waals surface area contributed by atoms with Crippen molar-refractivity contribution < 1.29 is 43.2 Å². The van der Waals surface area contributed by atoms with Crippen LogP contribution in [0.3, 0.4) is 0 Å². The third-order valence-electron chi connectivity index (χ3n) is 5.01. The summed E-state index contributed by atoms with van der Waals surface area (Å²) >= 11 is 0. The molecule has 0 fully saturated rings. The highest BCUT2D eigenvalue weighted by Gasteiger charge is 2.43. The third kappa shape index (κ3) is 2.62. The van der Waals surface area contributed by atoms with Crippen molar-refractivity contribution in [1.82, 2.24) is 0 Å². The SMILES string of the molecule is CCOc1c(C)c2c(c3c1C(=O)O[C@H]3O)Oc1c(C=O)c(OC)cc(C)c1C(=O)O2. The topological polar surface area (TPSA) is 118 Å². The lowest BCUT2D eigenvalue weighted by Crippen LogP contribution is -2.12. The number of esters is 2. The molecular weight excluding hydrogens is 396 g/mol. The number of aldehydes is 1. The molecule has 0 spiro atoms. The van der Waals surface area contributed by atoms with Gasteiger partial charge in [-0.1, -0.05) is 0 Å². The van der Waals surface area contributed by atoms with Crippen LogP contribution in [0.2, 0.25) is 0 Å². The molecular formula is C21H18O9. The van der Waals surface area contributed by atoms with E-state index in [-0.39, 0.29) is 57.6 Å². The van der Waals surface area contributed by atoms with Gasteiger partial charge in [0.2, 0.25) is 6.29 Å². The summed E-state index contributed by atoms with van der Waals surface area (Å²) in [4.78, 5) is 37.1. The minimum Gasteiger partial charge on any atom is -0.496 e. The molecule has 0 bridgehead atoms. The number of ether oxygens (including phenoxy) is 5. The molecule has 1 N–H and O–H groups in total. The van der Waals surface area contributed by atoms with Crippen LogP contribution in [0.1, 0.15) is 61.0 Å². The number of rotatable bonds is 4. The van der Waals surface area contributed by atoms with Gasteiger partial charge >= 0.3 is 11.9 Å². The maximum Gasteiger partial charge on any atom is 0.347 e. The molecule has 0 radical (unpaired) electrons. The molecule has 0 aliphatic carbocycles. The number of cyclic esters (lactones) is 1. The van der Waals surface area contributed by atoms with Gasteiger partial charge in [0, 0.05) is 5.56 Å². The summed E-state index contributed by atoms with van der Waals surface area (Å²) in [5.41, 5.74) is 0.727. The van der Waals surface area contributed by atoms with Crippen LogP contribution in [0.5, 0.6) is 28.7 Å². The molecule has 2 aromatic rings. The van der Waals surface area contributed by atoms with E-state index in [4.69, 9.17) is 23.7 Å². The van der Waals surface area contributed by atoms with Gasteiger partial charge in [-0.25, -0.2) is 9.59 Å².